The van der Waals surface area contributed by atoms with Crippen LogP contribution in [0, 0.1) is 0 Å². The van der Waals surface area contributed by atoms with Crippen molar-refractivity contribution < 1.29 is 27.5 Å². The number of methoxy groups -OCH3 is 1. The molecule has 8 nitrogen and oxygen atoms in total. The highest BCUT2D eigenvalue weighted by atomic mass is 32.2. The molecule has 0 spiro atoms. The Hall–Kier alpha value is -2.13. The lowest BCUT2D eigenvalue weighted by atomic mass is 10.1. The van der Waals surface area contributed by atoms with Crippen LogP contribution in [0.25, 0.3) is 0 Å². The summed E-state index contributed by atoms with van der Waals surface area (Å²) in [4.78, 5) is 22.7. The van der Waals surface area contributed by atoms with Gasteiger partial charge in [0.05, 0.1) is 17.7 Å². The van der Waals surface area contributed by atoms with Crippen LogP contribution >= 0.6 is 0 Å². The maximum absolute atomic E-state index is 12.1. The lowest BCUT2D eigenvalue weighted by molar-refractivity contribution is -0.139. The monoisotopic (exact) mass is 328 g/mol. The second-order valence-corrected chi connectivity index (χ2v) is 6.89. The van der Waals surface area contributed by atoms with Crippen LogP contribution in [-0.2, 0) is 24.3 Å². The lowest BCUT2D eigenvalue weighted by Gasteiger charge is -2.31. The van der Waals surface area contributed by atoms with Crippen molar-refractivity contribution in [2.24, 2.45) is 0 Å². The molecule has 0 bridgehead atoms. The molecule has 0 radical (unpaired) electrons. The topological polar surface area (TPSA) is 111 Å². The molecular weight excluding hydrogens is 312 g/mol. The first kappa shape index (κ1) is 16.2. The molecule has 0 unspecified atom stereocenters. The predicted molar refractivity (Wildman–Crippen MR) is 77.0 cm³/mol. The van der Waals surface area contributed by atoms with Crippen molar-refractivity contribution in [1.82, 2.24) is 4.72 Å². The zero-order valence-corrected chi connectivity index (χ0v) is 13.1. The minimum absolute atomic E-state index is 0.0814. The lowest BCUT2D eigenvalue weighted by Crippen LogP contribution is -2.45. The summed E-state index contributed by atoms with van der Waals surface area (Å²) in [5.74, 6) is -0.781. The Kier molecular flexibility index (Phi) is 4.12. The van der Waals surface area contributed by atoms with Gasteiger partial charge in [0.15, 0.2) is 5.60 Å². The summed E-state index contributed by atoms with van der Waals surface area (Å²) in [6.07, 6.45) is 0. The largest absolute Gasteiger partial charge is 0.476 e. The molecule has 1 amide bonds. The van der Waals surface area contributed by atoms with Crippen molar-refractivity contribution in [2.75, 3.05) is 19.0 Å². The maximum atomic E-state index is 12.1. The summed E-state index contributed by atoms with van der Waals surface area (Å²) in [5, 5.41) is 2.63. The molecule has 1 heterocycles. The summed E-state index contributed by atoms with van der Waals surface area (Å²) in [5.41, 5.74) is -0.717. The number of amides is 1. The van der Waals surface area contributed by atoms with E-state index in [0.29, 0.717) is 5.69 Å². The first-order chi connectivity index (χ1) is 10.2. The molecule has 2 N–H and O–H groups in total. The van der Waals surface area contributed by atoms with Crippen LogP contribution in [0.15, 0.2) is 23.1 Å². The number of nitrogens with one attached hydrogen (secondary N) is 2. The average Bonchev–Trinajstić information content (AvgIpc) is 2.45. The van der Waals surface area contributed by atoms with Crippen molar-refractivity contribution in [3.8, 4) is 5.75 Å². The fourth-order valence-electron chi connectivity index (χ4n) is 1.76. The first-order valence-corrected chi connectivity index (χ1v) is 7.85. The number of carbonyl (C=O) groups is 2. The summed E-state index contributed by atoms with van der Waals surface area (Å²) >= 11 is 0. The van der Waals surface area contributed by atoms with E-state index in [0.717, 1.165) is 7.11 Å². The molecule has 1 aromatic carbocycles. The second-order valence-electron chi connectivity index (χ2n) is 5.13. The van der Waals surface area contributed by atoms with E-state index in [9.17, 15) is 18.0 Å². The van der Waals surface area contributed by atoms with Crippen molar-refractivity contribution in [3.05, 3.63) is 18.2 Å². The number of ether oxygens (including phenoxy) is 2. The third kappa shape index (κ3) is 3.20. The minimum atomic E-state index is -3.89. The van der Waals surface area contributed by atoms with E-state index in [1.54, 1.807) is 13.8 Å². The Morgan fingerprint density at radius 1 is 1.41 bits per heavy atom. The van der Waals surface area contributed by atoms with Crippen LogP contribution in [0.4, 0.5) is 5.69 Å². The van der Waals surface area contributed by atoms with Gasteiger partial charge in [-0.1, -0.05) is 0 Å². The molecule has 0 atom stereocenters. The highest BCUT2D eigenvalue weighted by molar-refractivity contribution is 7.89. The van der Waals surface area contributed by atoms with Gasteiger partial charge < -0.3 is 14.8 Å². The number of sulfonamides is 1. The third-order valence-electron chi connectivity index (χ3n) is 3.06. The smallest absolute Gasteiger partial charge is 0.320 e. The summed E-state index contributed by atoms with van der Waals surface area (Å²) in [6, 6.07) is 4.02. The van der Waals surface area contributed by atoms with Gasteiger partial charge in [0.1, 0.15) is 12.3 Å². The van der Waals surface area contributed by atoms with E-state index in [4.69, 9.17) is 4.74 Å². The Bertz CT molecular complexity index is 726. The molecule has 1 aromatic rings. The quantitative estimate of drug-likeness (QED) is 0.766. The van der Waals surface area contributed by atoms with E-state index in [2.05, 4.69) is 14.8 Å². The van der Waals surface area contributed by atoms with Crippen LogP contribution in [-0.4, -0.2) is 39.5 Å². The number of fused-ring (bicyclic) bond motifs is 1. The number of rotatable bonds is 4. The van der Waals surface area contributed by atoms with E-state index in [-0.39, 0.29) is 16.6 Å². The Morgan fingerprint density at radius 2 is 2.09 bits per heavy atom. The van der Waals surface area contributed by atoms with Gasteiger partial charge in [-0.3, -0.25) is 9.59 Å². The van der Waals surface area contributed by atoms with Crippen molar-refractivity contribution in [1.29, 1.82) is 0 Å². The highest BCUT2D eigenvalue weighted by Crippen LogP contribution is 2.35. The van der Waals surface area contributed by atoms with Crippen LogP contribution < -0.4 is 14.8 Å². The van der Waals surface area contributed by atoms with E-state index < -0.39 is 28.1 Å². The van der Waals surface area contributed by atoms with Gasteiger partial charge in [0, 0.05) is 6.07 Å². The SMILES string of the molecule is COC(=O)CNS(=O)(=O)c1ccc2c(c1)OC(C)(C)C(=O)N2. The minimum Gasteiger partial charge on any atom is -0.476 e. The molecule has 0 fully saturated rings. The van der Waals surface area contributed by atoms with Crippen LogP contribution in [0.1, 0.15) is 13.8 Å². The van der Waals surface area contributed by atoms with Crippen LogP contribution in [0.3, 0.4) is 0 Å². The maximum Gasteiger partial charge on any atom is 0.320 e. The molecule has 1 aliphatic heterocycles. The Balaban J connectivity index is 2.28. The third-order valence-corrected chi connectivity index (χ3v) is 4.46. The summed E-state index contributed by atoms with van der Waals surface area (Å²) in [6.45, 7) is 2.67. The Morgan fingerprint density at radius 3 is 2.73 bits per heavy atom. The molecule has 9 heteroatoms. The van der Waals surface area contributed by atoms with Gasteiger partial charge in [0.25, 0.3) is 5.91 Å². The molecule has 1 aliphatic rings. The molecule has 0 saturated carbocycles. The zero-order valence-electron chi connectivity index (χ0n) is 12.3. The number of carbonyl (C=O) groups excluding carboxylic acids is 2. The molecule has 2 rings (SSSR count). The summed E-state index contributed by atoms with van der Waals surface area (Å²) < 4.78 is 36.2. The predicted octanol–water partition coefficient (Wildman–Crippen LogP) is 0.247. The average molecular weight is 328 g/mol. The number of anilines is 1. The highest BCUT2D eigenvalue weighted by Gasteiger charge is 2.35. The fraction of sp³-hybridized carbons (Fsp3) is 0.385. The second kappa shape index (κ2) is 5.58. The van der Waals surface area contributed by atoms with Gasteiger partial charge in [-0.15, -0.1) is 0 Å². The first-order valence-electron chi connectivity index (χ1n) is 6.37. The molecule has 120 valence electrons. The number of hydrogen-bond acceptors (Lipinski definition) is 6. The molecular formula is C13H16N2O6S. The van der Waals surface area contributed by atoms with Gasteiger partial charge in [-0.25, -0.2) is 8.42 Å². The van der Waals surface area contributed by atoms with E-state index in [1.807, 2.05) is 0 Å². The number of benzene rings is 1. The molecule has 0 saturated heterocycles. The van der Waals surface area contributed by atoms with Gasteiger partial charge >= 0.3 is 5.97 Å². The fourth-order valence-corrected chi connectivity index (χ4v) is 2.74. The summed E-state index contributed by atoms with van der Waals surface area (Å²) in [7, 11) is -2.73. The zero-order chi connectivity index (χ0) is 16.5. The van der Waals surface area contributed by atoms with E-state index in [1.165, 1.54) is 18.2 Å². The van der Waals surface area contributed by atoms with Crippen molar-refractivity contribution in [3.63, 3.8) is 0 Å². The van der Waals surface area contributed by atoms with Crippen molar-refractivity contribution in [2.45, 2.75) is 24.3 Å². The molecule has 0 aliphatic carbocycles. The molecule has 0 aromatic heterocycles. The van der Waals surface area contributed by atoms with E-state index >= 15 is 0 Å². The van der Waals surface area contributed by atoms with Crippen LogP contribution in [0.2, 0.25) is 0 Å². The number of esters is 1. The van der Waals surface area contributed by atoms with Gasteiger partial charge in [-0.05, 0) is 26.0 Å². The van der Waals surface area contributed by atoms with Gasteiger partial charge in [0.2, 0.25) is 10.0 Å². The molecule has 22 heavy (non-hydrogen) atoms. The van der Waals surface area contributed by atoms with Crippen molar-refractivity contribution >= 4 is 27.6 Å². The normalized spacial score (nSPS) is 16.2. The standard InChI is InChI=1S/C13H16N2O6S/c1-13(2)12(17)15-9-5-4-8(6-10(9)21-13)22(18,19)14-7-11(16)20-3/h4-6,14H,7H2,1-3H3,(H,15,17). The van der Waals surface area contributed by atoms with Gasteiger partial charge in [-0.2, -0.15) is 4.72 Å². The Labute approximate surface area is 127 Å². The number of hydrogen-bond donors (Lipinski definition) is 2. The van der Waals surface area contributed by atoms with Crippen LogP contribution in [0.5, 0.6) is 5.75 Å².